The van der Waals surface area contributed by atoms with Gasteiger partial charge in [-0.15, -0.1) is 0 Å². The Kier molecular flexibility index (Phi) is 2.30. The van der Waals surface area contributed by atoms with E-state index in [0.717, 1.165) is 19.0 Å². The Labute approximate surface area is 72.5 Å². The van der Waals surface area contributed by atoms with E-state index in [1.807, 2.05) is 0 Å². The predicted molar refractivity (Wildman–Crippen MR) is 44.7 cm³/mol. The summed E-state index contributed by atoms with van der Waals surface area (Å²) in [5.41, 5.74) is 0. The van der Waals surface area contributed by atoms with Crippen molar-refractivity contribution in [2.75, 3.05) is 19.7 Å². The van der Waals surface area contributed by atoms with Gasteiger partial charge >= 0.3 is 5.97 Å². The van der Waals surface area contributed by atoms with Gasteiger partial charge in [0.25, 0.3) is 0 Å². The molecule has 0 bridgehead atoms. The summed E-state index contributed by atoms with van der Waals surface area (Å²) in [4.78, 5) is 10.9. The molecule has 2 aliphatic heterocycles. The molecule has 12 heavy (non-hydrogen) atoms. The second-order valence-electron chi connectivity index (χ2n) is 3.73. The molecular weight excluding hydrogens is 154 g/mol. The van der Waals surface area contributed by atoms with Crippen molar-refractivity contribution in [2.24, 2.45) is 11.8 Å². The van der Waals surface area contributed by atoms with E-state index < -0.39 is 0 Å². The van der Waals surface area contributed by atoms with Gasteiger partial charge in [-0.2, -0.15) is 0 Å². The average molecular weight is 169 g/mol. The Bertz CT molecular complexity index is 175. The van der Waals surface area contributed by atoms with E-state index in [1.54, 1.807) is 0 Å². The van der Waals surface area contributed by atoms with Crippen molar-refractivity contribution in [1.82, 2.24) is 5.32 Å². The lowest BCUT2D eigenvalue weighted by atomic mass is 9.84. The van der Waals surface area contributed by atoms with Gasteiger partial charge in [-0.3, -0.25) is 4.79 Å². The minimum atomic E-state index is -0.00136. The third kappa shape index (κ3) is 1.61. The number of nitrogens with one attached hydrogen (secondary N) is 1. The van der Waals surface area contributed by atoms with Crippen molar-refractivity contribution in [2.45, 2.75) is 19.3 Å². The fourth-order valence-electron chi connectivity index (χ4n) is 2.15. The van der Waals surface area contributed by atoms with Crippen molar-refractivity contribution >= 4 is 5.97 Å². The first-order valence-electron chi connectivity index (χ1n) is 4.72. The third-order valence-corrected chi connectivity index (χ3v) is 2.94. The van der Waals surface area contributed by atoms with E-state index in [1.165, 1.54) is 12.8 Å². The van der Waals surface area contributed by atoms with Crippen molar-refractivity contribution in [3.8, 4) is 0 Å². The standard InChI is InChI=1S/C9H15NO2/c11-9-5-8(6-12-9)7-1-3-10-4-2-7/h7-8,10H,1-6H2. The van der Waals surface area contributed by atoms with Crippen LogP contribution in [0.5, 0.6) is 0 Å². The van der Waals surface area contributed by atoms with Crippen LogP contribution in [-0.2, 0) is 9.53 Å². The molecule has 0 aromatic carbocycles. The van der Waals surface area contributed by atoms with Crippen LogP contribution in [0.4, 0.5) is 0 Å². The molecule has 2 heterocycles. The zero-order valence-corrected chi connectivity index (χ0v) is 7.21. The molecule has 1 atom stereocenters. The number of hydrogen-bond acceptors (Lipinski definition) is 3. The molecule has 2 saturated heterocycles. The van der Waals surface area contributed by atoms with Crippen LogP contribution in [0.15, 0.2) is 0 Å². The Balaban J connectivity index is 1.86. The molecule has 0 aliphatic carbocycles. The maximum atomic E-state index is 10.9. The lowest BCUT2D eigenvalue weighted by molar-refractivity contribution is -0.137. The van der Waals surface area contributed by atoms with E-state index >= 15 is 0 Å². The largest absolute Gasteiger partial charge is 0.465 e. The van der Waals surface area contributed by atoms with Gasteiger partial charge in [0.1, 0.15) is 0 Å². The van der Waals surface area contributed by atoms with Gasteiger partial charge < -0.3 is 10.1 Å². The fourth-order valence-corrected chi connectivity index (χ4v) is 2.15. The molecule has 3 heteroatoms. The molecule has 68 valence electrons. The molecule has 2 rings (SSSR count). The first-order chi connectivity index (χ1) is 5.86. The number of piperidine rings is 1. The Morgan fingerprint density at radius 2 is 2.00 bits per heavy atom. The van der Waals surface area contributed by atoms with Gasteiger partial charge in [-0.25, -0.2) is 0 Å². The monoisotopic (exact) mass is 169 g/mol. The second kappa shape index (κ2) is 3.44. The lowest BCUT2D eigenvalue weighted by Gasteiger charge is -2.25. The number of carbonyl (C=O) groups is 1. The number of rotatable bonds is 1. The topological polar surface area (TPSA) is 38.3 Å². The minimum absolute atomic E-state index is 0.00136. The first kappa shape index (κ1) is 8.05. The van der Waals surface area contributed by atoms with E-state index in [-0.39, 0.29) is 5.97 Å². The molecule has 3 nitrogen and oxygen atoms in total. The zero-order valence-electron chi connectivity index (χ0n) is 7.21. The second-order valence-corrected chi connectivity index (χ2v) is 3.73. The number of carbonyl (C=O) groups excluding carboxylic acids is 1. The zero-order chi connectivity index (χ0) is 8.39. The highest BCUT2D eigenvalue weighted by Crippen LogP contribution is 2.28. The summed E-state index contributed by atoms with van der Waals surface area (Å²) < 4.78 is 4.96. The minimum Gasteiger partial charge on any atom is -0.465 e. The lowest BCUT2D eigenvalue weighted by Crippen LogP contribution is -2.31. The molecule has 1 unspecified atom stereocenters. The van der Waals surface area contributed by atoms with Crippen LogP contribution >= 0.6 is 0 Å². The maximum Gasteiger partial charge on any atom is 0.306 e. The summed E-state index contributed by atoms with van der Waals surface area (Å²) in [5.74, 6) is 1.23. The summed E-state index contributed by atoms with van der Waals surface area (Å²) in [6, 6.07) is 0. The molecule has 1 N–H and O–H groups in total. The summed E-state index contributed by atoms with van der Waals surface area (Å²) in [7, 11) is 0. The molecule has 2 fully saturated rings. The molecule has 0 saturated carbocycles. The fraction of sp³-hybridized carbons (Fsp3) is 0.889. The van der Waals surface area contributed by atoms with Crippen LogP contribution in [0.1, 0.15) is 19.3 Å². The summed E-state index contributed by atoms with van der Waals surface area (Å²) in [6.07, 6.45) is 3.08. The van der Waals surface area contributed by atoms with Crippen LogP contribution in [-0.4, -0.2) is 25.7 Å². The van der Waals surface area contributed by atoms with E-state index in [4.69, 9.17) is 4.74 Å². The van der Waals surface area contributed by atoms with Crippen molar-refractivity contribution in [3.63, 3.8) is 0 Å². The SMILES string of the molecule is O=C1CC(C2CCNCC2)CO1. The van der Waals surface area contributed by atoms with Gasteiger partial charge in [0.05, 0.1) is 13.0 Å². The van der Waals surface area contributed by atoms with Gasteiger partial charge in [-0.1, -0.05) is 0 Å². The quantitative estimate of drug-likeness (QED) is 0.582. The molecule has 0 aromatic heterocycles. The van der Waals surface area contributed by atoms with Gasteiger partial charge in [0.2, 0.25) is 0 Å². The Hall–Kier alpha value is -0.570. The smallest absolute Gasteiger partial charge is 0.306 e. The summed E-state index contributed by atoms with van der Waals surface area (Å²) >= 11 is 0. The molecule has 0 spiro atoms. The van der Waals surface area contributed by atoms with E-state index in [9.17, 15) is 4.79 Å². The number of ether oxygens (including phenoxy) is 1. The highest BCUT2D eigenvalue weighted by atomic mass is 16.5. The molecule has 0 aromatic rings. The Morgan fingerprint density at radius 3 is 2.58 bits per heavy atom. The van der Waals surface area contributed by atoms with Crippen molar-refractivity contribution in [1.29, 1.82) is 0 Å². The van der Waals surface area contributed by atoms with Gasteiger partial charge in [-0.05, 0) is 31.8 Å². The normalized spacial score (nSPS) is 32.0. The summed E-state index contributed by atoms with van der Waals surface area (Å²) in [6.45, 7) is 2.88. The van der Waals surface area contributed by atoms with Crippen LogP contribution in [0, 0.1) is 11.8 Å². The first-order valence-corrected chi connectivity index (χ1v) is 4.72. The van der Waals surface area contributed by atoms with Gasteiger partial charge in [0.15, 0.2) is 0 Å². The van der Waals surface area contributed by atoms with Gasteiger partial charge in [0, 0.05) is 5.92 Å². The van der Waals surface area contributed by atoms with E-state index in [0.29, 0.717) is 18.9 Å². The predicted octanol–water partition coefficient (Wildman–Crippen LogP) is 0.549. The average Bonchev–Trinajstić information content (AvgIpc) is 2.54. The highest BCUT2D eigenvalue weighted by Gasteiger charge is 2.31. The molecule has 0 amide bonds. The highest BCUT2D eigenvalue weighted by molar-refractivity contribution is 5.71. The van der Waals surface area contributed by atoms with E-state index in [2.05, 4.69) is 5.32 Å². The number of esters is 1. The third-order valence-electron chi connectivity index (χ3n) is 2.94. The summed E-state index contributed by atoms with van der Waals surface area (Å²) in [5, 5.41) is 3.32. The van der Waals surface area contributed by atoms with Crippen LogP contribution in [0.25, 0.3) is 0 Å². The molecular formula is C9H15NO2. The number of cyclic esters (lactones) is 1. The van der Waals surface area contributed by atoms with Crippen LogP contribution in [0.2, 0.25) is 0 Å². The van der Waals surface area contributed by atoms with Crippen LogP contribution < -0.4 is 5.32 Å². The molecule has 0 radical (unpaired) electrons. The number of hydrogen-bond donors (Lipinski definition) is 1. The molecule has 2 aliphatic rings. The van der Waals surface area contributed by atoms with Crippen molar-refractivity contribution < 1.29 is 9.53 Å². The maximum absolute atomic E-state index is 10.9. The Morgan fingerprint density at radius 1 is 1.25 bits per heavy atom. The van der Waals surface area contributed by atoms with Crippen LogP contribution in [0.3, 0.4) is 0 Å². The van der Waals surface area contributed by atoms with Crippen molar-refractivity contribution in [3.05, 3.63) is 0 Å².